The fourth-order valence-corrected chi connectivity index (χ4v) is 4.18. The third kappa shape index (κ3) is 6.05. The molecule has 0 aromatic heterocycles. The van der Waals surface area contributed by atoms with Gasteiger partial charge in [0.05, 0.1) is 37.6 Å². The molecule has 1 aromatic carbocycles. The van der Waals surface area contributed by atoms with Crippen LogP contribution in [0.15, 0.2) is 24.3 Å². The molecule has 2 fully saturated rings. The maximum absolute atomic E-state index is 10.3. The maximum atomic E-state index is 10.3. The van der Waals surface area contributed by atoms with Crippen LogP contribution in [0.25, 0.3) is 0 Å². The smallest absolute Gasteiger partial charge is 0.111 e. The highest BCUT2D eigenvalue weighted by molar-refractivity contribution is 5.24. The molecule has 1 aromatic rings. The number of hydrogen-bond acceptors (Lipinski definition) is 9. The molecule has 9 nitrogen and oxygen atoms in total. The van der Waals surface area contributed by atoms with E-state index in [1.807, 2.05) is 38.1 Å². The second kappa shape index (κ2) is 12.4. The van der Waals surface area contributed by atoms with Crippen molar-refractivity contribution in [2.24, 2.45) is 5.92 Å². The molecule has 0 radical (unpaired) electrons. The van der Waals surface area contributed by atoms with Crippen molar-refractivity contribution in [3.8, 4) is 0 Å². The minimum absolute atomic E-state index is 0.237. The highest BCUT2D eigenvalue weighted by Gasteiger charge is 2.43. The van der Waals surface area contributed by atoms with Crippen molar-refractivity contribution >= 4 is 0 Å². The van der Waals surface area contributed by atoms with Gasteiger partial charge in [0, 0.05) is 18.8 Å². The van der Waals surface area contributed by atoms with Gasteiger partial charge in [0.15, 0.2) is 0 Å². The molecule has 7 N–H and O–H groups in total. The molecule has 0 aliphatic carbocycles. The molecule has 2 aliphatic rings. The van der Waals surface area contributed by atoms with Crippen molar-refractivity contribution in [2.45, 2.75) is 88.5 Å². The SMILES string of the molecule is CC.C[C@H]1[C@H](O)[C@H](O)C(Cc2ccc(CC3O[C@H](CO)[C@@H](O)[C@H](O)[C@@H]3O)cc2)O[C@@H]1CO. The zero-order chi connectivity index (χ0) is 24.0. The van der Waals surface area contributed by atoms with Gasteiger partial charge in [-0.25, -0.2) is 0 Å². The summed E-state index contributed by atoms with van der Waals surface area (Å²) in [6.45, 7) is 5.02. The van der Waals surface area contributed by atoms with Crippen molar-refractivity contribution in [3.63, 3.8) is 0 Å². The first-order chi connectivity index (χ1) is 15.3. The Balaban J connectivity index is 0.00000176. The molecule has 2 aliphatic heterocycles. The van der Waals surface area contributed by atoms with Gasteiger partial charge in [-0.1, -0.05) is 45.0 Å². The van der Waals surface area contributed by atoms with E-state index >= 15 is 0 Å². The molecule has 2 unspecified atom stereocenters. The number of aliphatic hydroxyl groups is 7. The molecule has 10 atom stereocenters. The van der Waals surface area contributed by atoms with Crippen molar-refractivity contribution in [1.29, 1.82) is 0 Å². The van der Waals surface area contributed by atoms with E-state index < -0.39 is 61.5 Å². The van der Waals surface area contributed by atoms with Crippen LogP contribution in [0.4, 0.5) is 0 Å². The van der Waals surface area contributed by atoms with E-state index in [-0.39, 0.29) is 18.9 Å². The summed E-state index contributed by atoms with van der Waals surface area (Å²) in [5.74, 6) is -0.373. The summed E-state index contributed by atoms with van der Waals surface area (Å²) in [4.78, 5) is 0. The monoisotopic (exact) mass is 458 g/mol. The van der Waals surface area contributed by atoms with Crippen LogP contribution in [0, 0.1) is 5.92 Å². The third-order valence-electron chi connectivity index (χ3n) is 6.27. The molecule has 0 bridgehead atoms. The molecule has 2 saturated heterocycles. The van der Waals surface area contributed by atoms with Crippen molar-refractivity contribution in [3.05, 3.63) is 35.4 Å². The van der Waals surface area contributed by atoms with Crippen molar-refractivity contribution < 1.29 is 45.2 Å². The van der Waals surface area contributed by atoms with E-state index in [9.17, 15) is 35.7 Å². The first-order valence-electron chi connectivity index (χ1n) is 11.3. The van der Waals surface area contributed by atoms with Gasteiger partial charge in [0.25, 0.3) is 0 Å². The Morgan fingerprint density at radius 1 is 0.594 bits per heavy atom. The van der Waals surface area contributed by atoms with Crippen LogP contribution in [-0.4, -0.2) is 104 Å². The topological polar surface area (TPSA) is 160 Å². The predicted molar refractivity (Wildman–Crippen MR) is 116 cm³/mol. The summed E-state index contributed by atoms with van der Waals surface area (Å²) in [7, 11) is 0. The first-order valence-corrected chi connectivity index (χ1v) is 11.3. The summed E-state index contributed by atoms with van der Waals surface area (Å²) in [5.41, 5.74) is 1.67. The average Bonchev–Trinajstić information content (AvgIpc) is 2.82. The summed E-state index contributed by atoms with van der Waals surface area (Å²) >= 11 is 0. The lowest BCUT2D eigenvalue weighted by Gasteiger charge is -2.41. The van der Waals surface area contributed by atoms with Crippen LogP contribution in [0.1, 0.15) is 31.9 Å². The van der Waals surface area contributed by atoms with E-state index in [2.05, 4.69) is 0 Å². The van der Waals surface area contributed by atoms with E-state index in [1.165, 1.54) is 0 Å². The van der Waals surface area contributed by atoms with Crippen LogP contribution in [0.5, 0.6) is 0 Å². The maximum Gasteiger partial charge on any atom is 0.111 e. The van der Waals surface area contributed by atoms with E-state index in [1.54, 1.807) is 6.92 Å². The quantitative estimate of drug-likeness (QED) is 0.277. The van der Waals surface area contributed by atoms with E-state index in [4.69, 9.17) is 9.47 Å². The van der Waals surface area contributed by atoms with Gasteiger partial charge in [-0.05, 0) is 11.1 Å². The minimum Gasteiger partial charge on any atom is -0.394 e. The normalized spacial score (nSPS) is 39.8. The highest BCUT2D eigenvalue weighted by atomic mass is 16.5. The molecular weight excluding hydrogens is 420 g/mol. The molecular formula is C23H38O9. The molecule has 9 heteroatoms. The lowest BCUT2D eigenvalue weighted by atomic mass is 9.86. The van der Waals surface area contributed by atoms with Crippen molar-refractivity contribution in [1.82, 2.24) is 0 Å². The molecule has 0 spiro atoms. The van der Waals surface area contributed by atoms with Gasteiger partial charge >= 0.3 is 0 Å². The predicted octanol–water partition coefficient (Wildman–Crippen LogP) is -1.24. The third-order valence-corrected chi connectivity index (χ3v) is 6.27. The van der Waals surface area contributed by atoms with Gasteiger partial charge in [-0.2, -0.15) is 0 Å². The Bertz CT molecular complexity index is 609. The standard InChI is InChI=1S/C21H32O9.C2H6/c1-10-15(8-22)29-13(18(25)17(10)24)6-11-2-4-12(5-3-11)7-14-19(26)21(28)20(27)16(9-23)30-14;1-2/h2-5,10,13-28H,6-9H2,1H3;1-2H3/t10-,13?,14?,15-,16-,17+,18-,19-,20-,21-;/m1./s1. The van der Waals surface area contributed by atoms with Crippen molar-refractivity contribution in [2.75, 3.05) is 13.2 Å². The fourth-order valence-electron chi connectivity index (χ4n) is 4.18. The average molecular weight is 459 g/mol. The number of ether oxygens (including phenoxy) is 2. The van der Waals surface area contributed by atoms with Crippen LogP contribution >= 0.6 is 0 Å². The van der Waals surface area contributed by atoms with Gasteiger partial charge in [0.2, 0.25) is 0 Å². The molecule has 184 valence electrons. The first kappa shape index (κ1) is 27.1. The summed E-state index contributed by atoms with van der Waals surface area (Å²) in [5, 5.41) is 69.2. The molecule has 0 saturated carbocycles. The molecule has 0 amide bonds. The Morgan fingerprint density at radius 2 is 0.969 bits per heavy atom. The Morgan fingerprint density at radius 3 is 1.41 bits per heavy atom. The van der Waals surface area contributed by atoms with E-state index in [0.717, 1.165) is 11.1 Å². The van der Waals surface area contributed by atoms with Crippen LogP contribution in [0.3, 0.4) is 0 Å². The Kier molecular flexibility index (Phi) is 10.5. The van der Waals surface area contributed by atoms with Gasteiger partial charge in [-0.3, -0.25) is 0 Å². The Hall–Kier alpha value is -1.14. The fraction of sp³-hybridized carbons (Fsp3) is 0.739. The lowest BCUT2D eigenvalue weighted by molar-refractivity contribution is -0.228. The second-order valence-corrected chi connectivity index (χ2v) is 8.33. The Labute approximate surface area is 188 Å². The largest absolute Gasteiger partial charge is 0.394 e. The second-order valence-electron chi connectivity index (χ2n) is 8.33. The zero-order valence-electron chi connectivity index (χ0n) is 18.9. The van der Waals surface area contributed by atoms with Crippen LogP contribution in [0.2, 0.25) is 0 Å². The number of rotatable bonds is 6. The highest BCUT2D eigenvalue weighted by Crippen LogP contribution is 2.28. The van der Waals surface area contributed by atoms with Crippen LogP contribution in [-0.2, 0) is 22.3 Å². The lowest BCUT2D eigenvalue weighted by Crippen LogP contribution is -2.59. The molecule has 3 rings (SSSR count). The minimum atomic E-state index is -1.40. The number of benzene rings is 1. The van der Waals surface area contributed by atoms with Gasteiger partial charge in [-0.15, -0.1) is 0 Å². The van der Waals surface area contributed by atoms with Gasteiger partial charge < -0.3 is 45.2 Å². The number of aliphatic hydroxyl groups excluding tert-OH is 7. The zero-order valence-corrected chi connectivity index (χ0v) is 18.9. The van der Waals surface area contributed by atoms with Gasteiger partial charge in [0.1, 0.15) is 30.5 Å². The summed E-state index contributed by atoms with van der Waals surface area (Å²) in [6.07, 6.45) is -8.40. The molecule has 2 heterocycles. The number of hydrogen-bond donors (Lipinski definition) is 7. The van der Waals surface area contributed by atoms with E-state index in [0.29, 0.717) is 6.42 Å². The summed E-state index contributed by atoms with van der Waals surface area (Å²) in [6, 6.07) is 7.28. The summed E-state index contributed by atoms with van der Waals surface area (Å²) < 4.78 is 11.3. The molecule has 32 heavy (non-hydrogen) atoms. The van der Waals surface area contributed by atoms with Crippen LogP contribution < -0.4 is 0 Å².